The average molecular weight is 362 g/mol. The summed E-state index contributed by atoms with van der Waals surface area (Å²) >= 11 is 3.16. The molecular weight excluding hydrogens is 350 g/mol. The fraction of sp³-hybridized carbons (Fsp3) is 0.600. The third-order valence-corrected chi connectivity index (χ3v) is 3.97. The molecule has 0 aromatic rings. The Morgan fingerprint density at radius 2 is 2.05 bits per heavy atom. The van der Waals surface area contributed by atoms with Crippen LogP contribution in [0.4, 0.5) is 0 Å². The minimum atomic E-state index is -1.32. The summed E-state index contributed by atoms with van der Waals surface area (Å²) in [5, 5.41) is 29.0. The molecule has 0 bridgehead atoms. The highest BCUT2D eigenvalue weighted by Gasteiger charge is 2.51. The Labute approximate surface area is 126 Å². The minimum Gasteiger partial charge on any atom is -0.394 e. The van der Waals surface area contributed by atoms with Crippen LogP contribution in [0.5, 0.6) is 0 Å². The van der Waals surface area contributed by atoms with Crippen molar-refractivity contribution in [2.75, 3.05) is 6.61 Å². The number of amides is 1. The number of amidine groups is 2. The molecule has 1 fully saturated rings. The number of aliphatic hydroxyl groups excluding tert-OH is 3. The standard InChI is InChI=1S/C10H12BrN5O5/c11-9-13-3-6(14-10(12)15-7(3)20)16(9)8-5(19)4(18)2(1-17)21-8/h2-5,8,17-19H,1H2,(H2,12,15,20)/t2-,3?,4?,5?,8-/m1/s1. The van der Waals surface area contributed by atoms with E-state index in [4.69, 9.17) is 15.6 Å². The molecule has 5 atom stereocenters. The zero-order chi connectivity index (χ0) is 15.3. The molecule has 114 valence electrons. The molecular formula is C10H12BrN5O5. The number of halogens is 1. The molecule has 3 unspecified atom stereocenters. The van der Waals surface area contributed by atoms with Crippen LogP contribution >= 0.6 is 15.9 Å². The summed E-state index contributed by atoms with van der Waals surface area (Å²) in [5.41, 5.74) is 5.46. The quantitative estimate of drug-likeness (QED) is 0.385. The summed E-state index contributed by atoms with van der Waals surface area (Å²) in [4.78, 5) is 24.6. The van der Waals surface area contributed by atoms with Crippen LogP contribution in [0.15, 0.2) is 15.0 Å². The Hall–Kier alpha value is -1.40. The monoisotopic (exact) mass is 361 g/mol. The van der Waals surface area contributed by atoms with E-state index in [1.165, 1.54) is 4.90 Å². The summed E-state index contributed by atoms with van der Waals surface area (Å²) in [7, 11) is 0. The number of fused-ring (bicyclic) bond motifs is 1. The Kier molecular flexibility index (Phi) is 3.53. The fourth-order valence-corrected chi connectivity index (χ4v) is 2.97. The lowest BCUT2D eigenvalue weighted by Gasteiger charge is -2.28. The number of aliphatic hydroxyl groups is 3. The number of rotatable bonds is 2. The lowest BCUT2D eigenvalue weighted by atomic mass is 10.1. The highest BCUT2D eigenvalue weighted by Crippen LogP contribution is 2.30. The van der Waals surface area contributed by atoms with Gasteiger partial charge in [-0.05, 0) is 15.9 Å². The number of carbonyl (C=O) groups excluding carboxylic acids is 1. The van der Waals surface area contributed by atoms with Gasteiger partial charge in [0.1, 0.15) is 18.3 Å². The smallest absolute Gasteiger partial charge is 0.281 e. The van der Waals surface area contributed by atoms with Gasteiger partial charge in [-0.2, -0.15) is 9.98 Å². The Bertz CT molecular complexity index is 578. The summed E-state index contributed by atoms with van der Waals surface area (Å²) < 4.78 is 5.60. The second-order valence-electron chi connectivity index (χ2n) is 4.68. The highest BCUT2D eigenvalue weighted by atomic mass is 79.9. The first-order valence-corrected chi connectivity index (χ1v) is 6.85. The van der Waals surface area contributed by atoms with Crippen LogP contribution in [-0.4, -0.2) is 79.9 Å². The van der Waals surface area contributed by atoms with Crippen molar-refractivity contribution in [2.45, 2.75) is 30.6 Å². The molecule has 0 aromatic carbocycles. The van der Waals surface area contributed by atoms with Crippen molar-refractivity contribution in [2.24, 2.45) is 20.7 Å². The molecule has 1 saturated heterocycles. The maximum Gasteiger partial charge on any atom is 0.281 e. The molecule has 3 aliphatic rings. The molecule has 10 nitrogen and oxygen atoms in total. The van der Waals surface area contributed by atoms with Gasteiger partial charge in [0.2, 0.25) is 5.96 Å². The molecule has 0 aliphatic carbocycles. The van der Waals surface area contributed by atoms with Crippen molar-refractivity contribution in [1.82, 2.24) is 4.90 Å². The molecule has 11 heteroatoms. The zero-order valence-electron chi connectivity index (χ0n) is 10.5. The highest BCUT2D eigenvalue weighted by molar-refractivity contribution is 9.18. The molecule has 3 aliphatic heterocycles. The van der Waals surface area contributed by atoms with Gasteiger partial charge in [0.05, 0.1) is 6.61 Å². The summed E-state index contributed by atoms with van der Waals surface area (Å²) in [5.74, 6) is -0.654. The fourth-order valence-electron chi connectivity index (χ4n) is 2.38. The number of carbonyl (C=O) groups is 1. The van der Waals surface area contributed by atoms with Gasteiger partial charge in [0.15, 0.2) is 22.9 Å². The third kappa shape index (κ3) is 2.17. The van der Waals surface area contributed by atoms with E-state index in [9.17, 15) is 15.0 Å². The number of ether oxygens (including phenoxy) is 1. The average Bonchev–Trinajstić information content (AvgIpc) is 2.89. The van der Waals surface area contributed by atoms with E-state index in [1.807, 2.05) is 0 Å². The molecule has 0 spiro atoms. The summed E-state index contributed by atoms with van der Waals surface area (Å²) in [6, 6.07) is -0.965. The zero-order valence-corrected chi connectivity index (χ0v) is 12.1. The maximum atomic E-state index is 11.8. The van der Waals surface area contributed by atoms with Gasteiger partial charge in [0.25, 0.3) is 5.91 Å². The van der Waals surface area contributed by atoms with Crippen molar-refractivity contribution in [1.29, 1.82) is 0 Å². The first kappa shape index (κ1) is 14.5. The van der Waals surface area contributed by atoms with Crippen LogP contribution < -0.4 is 5.73 Å². The molecule has 3 heterocycles. The van der Waals surface area contributed by atoms with Crippen molar-refractivity contribution in [3.8, 4) is 0 Å². The van der Waals surface area contributed by atoms with Crippen LogP contribution in [0.25, 0.3) is 0 Å². The second-order valence-corrected chi connectivity index (χ2v) is 5.39. The van der Waals surface area contributed by atoms with Crippen molar-refractivity contribution >= 4 is 38.4 Å². The number of nitrogens with two attached hydrogens (primary N) is 1. The van der Waals surface area contributed by atoms with Crippen LogP contribution in [0.3, 0.4) is 0 Å². The van der Waals surface area contributed by atoms with E-state index in [-0.39, 0.29) is 16.5 Å². The Balaban J connectivity index is 1.94. The molecule has 0 saturated carbocycles. The number of guanidine groups is 1. The SMILES string of the molecule is NC1=NC(=O)C2N=C(Br)N([C@@H]3O[C@H](CO)C(O)C3O)C2=N1. The first-order valence-electron chi connectivity index (χ1n) is 6.05. The van der Waals surface area contributed by atoms with Crippen molar-refractivity contribution in [3.63, 3.8) is 0 Å². The topological polar surface area (TPSA) is 153 Å². The number of aliphatic imine (C=N–C) groups is 3. The van der Waals surface area contributed by atoms with Crippen LogP contribution in [0, 0.1) is 0 Å². The van der Waals surface area contributed by atoms with Crippen molar-refractivity contribution in [3.05, 3.63) is 0 Å². The number of nitrogens with zero attached hydrogens (tertiary/aromatic N) is 4. The summed E-state index contributed by atoms with van der Waals surface area (Å²) in [6.45, 7) is -0.463. The molecule has 5 N–H and O–H groups in total. The van der Waals surface area contributed by atoms with Crippen molar-refractivity contribution < 1.29 is 24.9 Å². The van der Waals surface area contributed by atoms with E-state index in [1.54, 1.807) is 0 Å². The van der Waals surface area contributed by atoms with Gasteiger partial charge in [-0.1, -0.05) is 0 Å². The van der Waals surface area contributed by atoms with Gasteiger partial charge in [-0.3, -0.25) is 9.69 Å². The Morgan fingerprint density at radius 1 is 1.33 bits per heavy atom. The van der Waals surface area contributed by atoms with Gasteiger partial charge in [0, 0.05) is 0 Å². The molecule has 0 aromatic heterocycles. The lowest BCUT2D eigenvalue weighted by molar-refractivity contribution is -0.117. The first-order chi connectivity index (χ1) is 9.93. The van der Waals surface area contributed by atoms with E-state index in [0.717, 1.165) is 0 Å². The lowest BCUT2D eigenvalue weighted by Crippen LogP contribution is -2.50. The number of hydrogen-bond acceptors (Lipinski definition) is 9. The summed E-state index contributed by atoms with van der Waals surface area (Å²) in [6.07, 6.45) is -4.60. The maximum absolute atomic E-state index is 11.8. The molecule has 3 rings (SSSR count). The minimum absolute atomic E-state index is 0.147. The molecule has 0 radical (unpaired) electrons. The van der Waals surface area contributed by atoms with E-state index < -0.39 is 43.1 Å². The molecule has 21 heavy (non-hydrogen) atoms. The predicted molar refractivity (Wildman–Crippen MR) is 73.8 cm³/mol. The second kappa shape index (κ2) is 5.10. The van der Waals surface area contributed by atoms with Crippen LogP contribution in [0.2, 0.25) is 0 Å². The van der Waals surface area contributed by atoms with Gasteiger partial charge in [-0.25, -0.2) is 4.99 Å². The van der Waals surface area contributed by atoms with E-state index >= 15 is 0 Å². The van der Waals surface area contributed by atoms with Gasteiger partial charge < -0.3 is 25.8 Å². The van der Waals surface area contributed by atoms with Crippen LogP contribution in [0.1, 0.15) is 0 Å². The van der Waals surface area contributed by atoms with Gasteiger partial charge >= 0.3 is 0 Å². The van der Waals surface area contributed by atoms with Gasteiger partial charge in [-0.15, -0.1) is 0 Å². The van der Waals surface area contributed by atoms with E-state index in [2.05, 4.69) is 30.9 Å². The predicted octanol–water partition coefficient (Wildman–Crippen LogP) is -2.89. The third-order valence-electron chi connectivity index (χ3n) is 3.39. The van der Waals surface area contributed by atoms with E-state index in [0.29, 0.717) is 0 Å². The number of hydrogen-bond donors (Lipinski definition) is 4. The normalized spacial score (nSPS) is 39.0. The largest absolute Gasteiger partial charge is 0.394 e. The van der Waals surface area contributed by atoms with Crippen LogP contribution in [-0.2, 0) is 9.53 Å². The Morgan fingerprint density at radius 3 is 2.67 bits per heavy atom. The molecule has 1 amide bonds.